The molecule has 1 atom stereocenters. The van der Waals surface area contributed by atoms with Crippen LogP contribution >= 0.6 is 0 Å². The lowest BCUT2D eigenvalue weighted by molar-refractivity contribution is -0.147. The summed E-state index contributed by atoms with van der Waals surface area (Å²) >= 11 is 0. The van der Waals surface area contributed by atoms with Crippen LogP contribution in [0.3, 0.4) is 0 Å². The first kappa shape index (κ1) is 16.7. The fourth-order valence-corrected chi connectivity index (χ4v) is 2.32. The number of nitrogens with zero attached hydrogens (tertiary/aromatic N) is 1. The monoisotopic (exact) mass is 318 g/mol. The van der Waals surface area contributed by atoms with Crippen molar-refractivity contribution in [1.82, 2.24) is 10.2 Å². The Morgan fingerprint density at radius 2 is 1.70 bits per heavy atom. The van der Waals surface area contributed by atoms with E-state index >= 15 is 0 Å². The highest BCUT2D eigenvalue weighted by atomic mass is 16.4. The molecule has 0 aliphatic carbocycles. The second-order valence-electron chi connectivity index (χ2n) is 5.60. The highest BCUT2D eigenvalue weighted by Gasteiger charge is 2.36. The molecule has 0 saturated heterocycles. The standard InChI is InChI=1S/C16H18N2O5/c1-3-16(2,15(22)23)17-12(19)8-9-18-13(20)10-6-4-5-7-11(10)14(18)21/h4-7H,3,8-9H2,1-2H3,(H,17,19)(H,22,23). The first-order chi connectivity index (χ1) is 10.8. The van der Waals surface area contributed by atoms with Crippen LogP contribution in [-0.2, 0) is 9.59 Å². The molecule has 1 aliphatic rings. The third-order valence-electron chi connectivity index (χ3n) is 4.04. The minimum absolute atomic E-state index is 0.0857. The molecule has 0 spiro atoms. The first-order valence-electron chi connectivity index (χ1n) is 7.30. The van der Waals surface area contributed by atoms with E-state index in [0.29, 0.717) is 11.1 Å². The van der Waals surface area contributed by atoms with Crippen molar-refractivity contribution in [3.63, 3.8) is 0 Å². The number of aliphatic carboxylic acids is 1. The SMILES string of the molecule is CCC(C)(NC(=O)CCN1C(=O)c2ccccc2C1=O)C(=O)O. The number of carbonyl (C=O) groups excluding carboxylic acids is 3. The number of amides is 3. The summed E-state index contributed by atoms with van der Waals surface area (Å²) in [5.74, 6) is -2.52. The third kappa shape index (κ3) is 3.08. The van der Waals surface area contributed by atoms with Crippen molar-refractivity contribution in [2.75, 3.05) is 6.54 Å². The molecule has 23 heavy (non-hydrogen) atoms. The van der Waals surface area contributed by atoms with E-state index in [4.69, 9.17) is 5.11 Å². The second kappa shape index (κ2) is 6.20. The Balaban J connectivity index is 2.00. The van der Waals surface area contributed by atoms with Crippen molar-refractivity contribution < 1.29 is 24.3 Å². The molecule has 7 nitrogen and oxygen atoms in total. The number of benzene rings is 1. The third-order valence-corrected chi connectivity index (χ3v) is 4.04. The largest absolute Gasteiger partial charge is 0.480 e. The van der Waals surface area contributed by atoms with E-state index < -0.39 is 29.2 Å². The molecule has 0 radical (unpaired) electrons. The van der Waals surface area contributed by atoms with Crippen LogP contribution in [0.5, 0.6) is 0 Å². The number of rotatable bonds is 6. The highest BCUT2D eigenvalue weighted by Crippen LogP contribution is 2.22. The van der Waals surface area contributed by atoms with E-state index in [1.165, 1.54) is 6.92 Å². The molecule has 1 aliphatic heterocycles. The molecule has 1 aromatic carbocycles. The Kier molecular flexibility index (Phi) is 4.49. The van der Waals surface area contributed by atoms with Gasteiger partial charge in [0.05, 0.1) is 11.1 Å². The van der Waals surface area contributed by atoms with Crippen molar-refractivity contribution in [1.29, 1.82) is 0 Å². The molecule has 1 heterocycles. The number of fused-ring (bicyclic) bond motifs is 1. The van der Waals surface area contributed by atoms with Gasteiger partial charge in [0.1, 0.15) is 5.54 Å². The van der Waals surface area contributed by atoms with E-state index in [1.807, 2.05) is 0 Å². The number of nitrogens with one attached hydrogen (secondary N) is 1. The summed E-state index contributed by atoms with van der Waals surface area (Å²) in [6.45, 7) is 2.98. The maximum Gasteiger partial charge on any atom is 0.329 e. The maximum absolute atomic E-state index is 12.1. The molecular formula is C16H18N2O5. The zero-order chi connectivity index (χ0) is 17.2. The van der Waals surface area contributed by atoms with Gasteiger partial charge in [-0.1, -0.05) is 19.1 Å². The quantitative estimate of drug-likeness (QED) is 0.763. The summed E-state index contributed by atoms with van der Waals surface area (Å²) in [6.07, 6.45) is 0.0788. The van der Waals surface area contributed by atoms with Gasteiger partial charge in [-0.3, -0.25) is 19.3 Å². The van der Waals surface area contributed by atoms with E-state index in [-0.39, 0.29) is 19.4 Å². The van der Waals surface area contributed by atoms with Crippen LogP contribution in [0, 0.1) is 0 Å². The smallest absolute Gasteiger partial charge is 0.329 e. The number of carboxylic acids is 1. The van der Waals surface area contributed by atoms with Crippen LogP contribution in [0.2, 0.25) is 0 Å². The summed E-state index contributed by atoms with van der Waals surface area (Å²) in [5, 5.41) is 11.6. The zero-order valence-corrected chi connectivity index (χ0v) is 13.0. The number of carboxylic acid groups (broad SMARTS) is 1. The lowest BCUT2D eigenvalue weighted by Crippen LogP contribution is -2.52. The Hall–Kier alpha value is -2.70. The Bertz CT molecular complexity index is 650. The minimum Gasteiger partial charge on any atom is -0.480 e. The Morgan fingerprint density at radius 3 is 2.13 bits per heavy atom. The summed E-state index contributed by atoms with van der Waals surface area (Å²) in [7, 11) is 0. The van der Waals surface area contributed by atoms with Crippen molar-refractivity contribution >= 4 is 23.7 Å². The maximum atomic E-state index is 12.1. The fourth-order valence-electron chi connectivity index (χ4n) is 2.32. The topological polar surface area (TPSA) is 104 Å². The molecule has 0 aromatic heterocycles. The summed E-state index contributed by atoms with van der Waals surface area (Å²) < 4.78 is 0. The second-order valence-corrected chi connectivity index (χ2v) is 5.60. The number of imide groups is 1. The van der Waals surface area contributed by atoms with Crippen molar-refractivity contribution in [2.24, 2.45) is 0 Å². The zero-order valence-electron chi connectivity index (χ0n) is 13.0. The van der Waals surface area contributed by atoms with Gasteiger partial charge in [0.15, 0.2) is 0 Å². The van der Waals surface area contributed by atoms with Gasteiger partial charge in [0.2, 0.25) is 5.91 Å². The molecule has 0 bridgehead atoms. The van der Waals surface area contributed by atoms with Gasteiger partial charge in [-0.25, -0.2) is 4.79 Å². The van der Waals surface area contributed by atoms with E-state index in [9.17, 15) is 19.2 Å². The average molecular weight is 318 g/mol. The normalized spacial score (nSPS) is 16.0. The molecule has 1 aromatic rings. The van der Waals surface area contributed by atoms with Crippen LogP contribution in [0.1, 0.15) is 47.4 Å². The molecular weight excluding hydrogens is 300 g/mol. The minimum atomic E-state index is -1.36. The number of hydrogen-bond acceptors (Lipinski definition) is 4. The molecule has 3 amide bonds. The summed E-state index contributed by atoms with van der Waals surface area (Å²) in [6, 6.07) is 6.46. The van der Waals surface area contributed by atoms with E-state index in [2.05, 4.69) is 5.32 Å². The van der Waals surface area contributed by atoms with Gasteiger partial charge in [-0.15, -0.1) is 0 Å². The van der Waals surface area contributed by atoms with Gasteiger partial charge in [-0.05, 0) is 25.5 Å². The van der Waals surface area contributed by atoms with Crippen LogP contribution in [0.25, 0.3) is 0 Å². The molecule has 7 heteroatoms. The van der Waals surface area contributed by atoms with Gasteiger partial charge in [0, 0.05) is 13.0 Å². The van der Waals surface area contributed by atoms with Crippen molar-refractivity contribution in [3.05, 3.63) is 35.4 Å². The van der Waals surface area contributed by atoms with E-state index in [0.717, 1.165) is 4.90 Å². The van der Waals surface area contributed by atoms with Gasteiger partial charge < -0.3 is 10.4 Å². The van der Waals surface area contributed by atoms with Gasteiger partial charge >= 0.3 is 5.97 Å². The van der Waals surface area contributed by atoms with Crippen LogP contribution in [0.15, 0.2) is 24.3 Å². The lowest BCUT2D eigenvalue weighted by Gasteiger charge is -2.25. The predicted molar refractivity (Wildman–Crippen MR) is 80.9 cm³/mol. The summed E-state index contributed by atoms with van der Waals surface area (Å²) in [4.78, 5) is 48.4. The Labute approximate surface area is 133 Å². The van der Waals surface area contributed by atoms with Crippen LogP contribution < -0.4 is 5.32 Å². The van der Waals surface area contributed by atoms with Gasteiger partial charge in [-0.2, -0.15) is 0 Å². The molecule has 122 valence electrons. The first-order valence-corrected chi connectivity index (χ1v) is 7.30. The summed E-state index contributed by atoms with van der Waals surface area (Å²) in [5.41, 5.74) is -0.720. The van der Waals surface area contributed by atoms with Crippen molar-refractivity contribution in [2.45, 2.75) is 32.2 Å². The van der Waals surface area contributed by atoms with Crippen LogP contribution in [0.4, 0.5) is 0 Å². The van der Waals surface area contributed by atoms with Gasteiger partial charge in [0.25, 0.3) is 11.8 Å². The molecule has 1 unspecified atom stereocenters. The highest BCUT2D eigenvalue weighted by molar-refractivity contribution is 6.21. The van der Waals surface area contributed by atoms with E-state index in [1.54, 1.807) is 31.2 Å². The lowest BCUT2D eigenvalue weighted by atomic mass is 9.99. The van der Waals surface area contributed by atoms with Crippen molar-refractivity contribution in [3.8, 4) is 0 Å². The molecule has 0 fully saturated rings. The Morgan fingerprint density at radius 1 is 1.17 bits per heavy atom. The number of carbonyl (C=O) groups is 4. The molecule has 2 N–H and O–H groups in total. The van der Waals surface area contributed by atoms with Crippen LogP contribution in [-0.4, -0.2) is 45.8 Å². The molecule has 0 saturated carbocycles. The fraction of sp³-hybridized carbons (Fsp3) is 0.375. The average Bonchev–Trinajstić information content (AvgIpc) is 2.77. The molecule has 2 rings (SSSR count). The predicted octanol–water partition coefficient (Wildman–Crippen LogP) is 1.04. The number of hydrogen-bond donors (Lipinski definition) is 2.